The van der Waals surface area contributed by atoms with Crippen molar-refractivity contribution in [1.29, 1.82) is 0 Å². The van der Waals surface area contributed by atoms with E-state index in [2.05, 4.69) is 36.1 Å². The average molecular weight is 658 g/mol. The van der Waals surface area contributed by atoms with Crippen molar-refractivity contribution in [2.24, 2.45) is 5.73 Å². The van der Waals surface area contributed by atoms with Crippen molar-refractivity contribution < 1.29 is 41.0 Å². The van der Waals surface area contributed by atoms with Gasteiger partial charge in [-0.2, -0.15) is 53.3 Å². The Morgan fingerprint density at radius 3 is 1.70 bits per heavy atom. The molecule has 6 heterocycles. The predicted octanol–water partition coefficient (Wildman–Crippen LogP) is 4.13. The van der Waals surface area contributed by atoms with Crippen LogP contribution in [0, 0.1) is 0 Å². The standard InChI is InChI=1S/C13H14F3N3O.C10H11N3O2.C2H4F3N.2H2S/c14-13(15,16)5-3-11(20)9-1-2-10-12(18-9)17-8-4-6-19(10)7-8;14-10(15)7-1-2-8-9(12-7)11-6-3-4-13(8)5-6;3-2(4,5)1-6;;/h1-2,8H,3-7H2,(H,17,18);1-2,6H,3-5H2,(H,11,12)(H,14,15);1,6H2;2*1H2/t8-;6-;;;/m00.../s1. The molecule has 2 aromatic rings. The molecule has 0 amide bonds. The van der Waals surface area contributed by atoms with Crippen LogP contribution in [0.15, 0.2) is 24.3 Å². The maximum Gasteiger partial charge on any atom is 0.400 e. The minimum absolute atomic E-state index is 0. The van der Waals surface area contributed by atoms with Crippen LogP contribution in [0.2, 0.25) is 0 Å². The van der Waals surface area contributed by atoms with Gasteiger partial charge in [-0.1, -0.05) is 0 Å². The summed E-state index contributed by atoms with van der Waals surface area (Å²) in [6, 6.07) is 7.40. The molecule has 4 bridgehead atoms. The van der Waals surface area contributed by atoms with Crippen molar-refractivity contribution in [2.45, 2.75) is 50.1 Å². The number of rotatable bonds is 4. The van der Waals surface area contributed by atoms with Gasteiger partial charge in [0.05, 0.1) is 24.3 Å². The monoisotopic (exact) mass is 657 g/mol. The molecular formula is C25H33F6N7O3S2. The van der Waals surface area contributed by atoms with Crippen LogP contribution < -0.4 is 26.2 Å². The van der Waals surface area contributed by atoms with E-state index in [1.807, 2.05) is 6.07 Å². The molecule has 0 spiro atoms. The number of fused-ring (bicyclic) bond motifs is 8. The molecule has 5 N–H and O–H groups in total. The lowest BCUT2D eigenvalue weighted by molar-refractivity contribution is -0.133. The molecule has 2 fully saturated rings. The molecular weight excluding hydrogens is 624 g/mol. The fourth-order valence-corrected chi connectivity index (χ4v) is 4.86. The van der Waals surface area contributed by atoms with Crippen LogP contribution in [0.1, 0.15) is 46.7 Å². The molecule has 6 rings (SSSR count). The summed E-state index contributed by atoms with van der Waals surface area (Å²) >= 11 is 0. The number of aromatic carboxylic acids is 1. The molecule has 240 valence electrons. The van der Waals surface area contributed by atoms with Gasteiger partial charge in [-0.15, -0.1) is 0 Å². The highest BCUT2D eigenvalue weighted by Crippen LogP contribution is 2.35. The van der Waals surface area contributed by atoms with Gasteiger partial charge in [0.2, 0.25) is 0 Å². The Morgan fingerprint density at radius 1 is 0.837 bits per heavy atom. The highest BCUT2D eigenvalue weighted by molar-refractivity contribution is 7.59. The van der Waals surface area contributed by atoms with Gasteiger partial charge in [0, 0.05) is 44.7 Å². The first kappa shape index (κ1) is 36.1. The summed E-state index contributed by atoms with van der Waals surface area (Å²) in [6.07, 6.45) is -8.05. The minimum Gasteiger partial charge on any atom is -0.477 e. The summed E-state index contributed by atoms with van der Waals surface area (Å²) in [4.78, 5) is 35.2. The van der Waals surface area contributed by atoms with Gasteiger partial charge < -0.3 is 31.3 Å². The van der Waals surface area contributed by atoms with Crippen molar-refractivity contribution >= 4 is 61.8 Å². The number of carbonyl (C=O) groups is 2. The zero-order chi connectivity index (χ0) is 29.9. The topological polar surface area (TPSA) is 137 Å². The number of aromatic nitrogens is 2. The minimum atomic E-state index is -4.31. The first-order chi connectivity index (χ1) is 19.2. The number of nitrogens with two attached hydrogens (primary N) is 1. The number of pyridine rings is 2. The summed E-state index contributed by atoms with van der Waals surface area (Å²) < 4.78 is 68.4. The Labute approximate surface area is 257 Å². The maximum absolute atomic E-state index is 12.1. The Morgan fingerprint density at radius 2 is 1.28 bits per heavy atom. The molecule has 2 aromatic heterocycles. The lowest BCUT2D eigenvalue weighted by Crippen LogP contribution is -2.32. The van der Waals surface area contributed by atoms with Crippen molar-refractivity contribution in [2.75, 3.05) is 53.2 Å². The quantitative estimate of drug-likeness (QED) is 0.281. The predicted molar refractivity (Wildman–Crippen MR) is 159 cm³/mol. The van der Waals surface area contributed by atoms with Crippen molar-refractivity contribution in [3.8, 4) is 0 Å². The fourth-order valence-electron chi connectivity index (χ4n) is 4.86. The zero-order valence-corrected chi connectivity index (χ0v) is 24.7. The fraction of sp³-hybridized carbons (Fsp3) is 0.520. The molecule has 0 aromatic carbocycles. The third-order valence-corrected chi connectivity index (χ3v) is 6.86. The van der Waals surface area contributed by atoms with Gasteiger partial charge in [0.1, 0.15) is 5.69 Å². The lowest BCUT2D eigenvalue weighted by atomic mass is 10.1. The third-order valence-electron chi connectivity index (χ3n) is 6.86. The van der Waals surface area contributed by atoms with Crippen LogP contribution >= 0.6 is 27.0 Å². The number of carboxylic acids is 1. The number of nitrogens with one attached hydrogen (secondary N) is 2. The highest BCUT2D eigenvalue weighted by atomic mass is 32.1. The van der Waals surface area contributed by atoms with Gasteiger partial charge >= 0.3 is 18.3 Å². The Hall–Kier alpha value is -3.12. The van der Waals surface area contributed by atoms with Crippen LogP contribution in [-0.4, -0.2) is 84.0 Å². The molecule has 4 aliphatic rings. The van der Waals surface area contributed by atoms with Gasteiger partial charge in [-0.05, 0) is 37.1 Å². The zero-order valence-electron chi connectivity index (χ0n) is 22.7. The van der Waals surface area contributed by atoms with Crippen LogP contribution in [0.25, 0.3) is 0 Å². The van der Waals surface area contributed by atoms with Crippen LogP contribution in [0.3, 0.4) is 0 Å². The molecule has 0 unspecified atom stereocenters. The van der Waals surface area contributed by atoms with E-state index < -0.39 is 43.5 Å². The van der Waals surface area contributed by atoms with Crippen molar-refractivity contribution in [1.82, 2.24) is 9.97 Å². The second kappa shape index (κ2) is 14.6. The number of Topliss-reactive ketones (excluding diaryl/α,β-unsaturated/α-hetero) is 1. The van der Waals surface area contributed by atoms with E-state index >= 15 is 0 Å². The normalized spacial score (nSPS) is 19.0. The van der Waals surface area contributed by atoms with E-state index in [-0.39, 0.29) is 38.4 Å². The second-order valence-electron chi connectivity index (χ2n) is 9.94. The number of carboxylic acid groups (broad SMARTS) is 1. The highest BCUT2D eigenvalue weighted by Gasteiger charge is 2.33. The number of hydrogen-bond donors (Lipinski definition) is 4. The molecule has 4 aliphatic heterocycles. The lowest BCUT2D eigenvalue weighted by Gasteiger charge is -2.27. The number of hydrogen-bond acceptors (Lipinski definition) is 9. The van der Waals surface area contributed by atoms with Crippen LogP contribution in [0.5, 0.6) is 0 Å². The number of ketones is 1. The van der Waals surface area contributed by atoms with E-state index in [1.165, 1.54) is 6.07 Å². The van der Waals surface area contributed by atoms with Gasteiger partial charge in [-0.3, -0.25) is 4.79 Å². The van der Waals surface area contributed by atoms with Crippen molar-refractivity contribution in [3.63, 3.8) is 0 Å². The molecule has 2 atom stereocenters. The summed E-state index contributed by atoms with van der Waals surface area (Å²) in [5, 5.41) is 15.3. The van der Waals surface area contributed by atoms with Gasteiger partial charge in [-0.25, -0.2) is 14.8 Å². The Kier molecular flexibility index (Phi) is 12.2. The summed E-state index contributed by atoms with van der Waals surface area (Å²) in [5.74, 6) is -0.229. The third kappa shape index (κ3) is 9.69. The van der Waals surface area contributed by atoms with E-state index in [1.54, 1.807) is 12.1 Å². The smallest absolute Gasteiger partial charge is 0.400 e. The first-order valence-corrected chi connectivity index (χ1v) is 12.9. The Balaban J connectivity index is 0.000000249. The summed E-state index contributed by atoms with van der Waals surface area (Å²) in [7, 11) is 0. The summed E-state index contributed by atoms with van der Waals surface area (Å²) in [5.41, 5.74) is 6.33. The molecule has 0 saturated carbocycles. The van der Waals surface area contributed by atoms with E-state index in [4.69, 9.17) is 5.11 Å². The van der Waals surface area contributed by atoms with Crippen LogP contribution in [-0.2, 0) is 0 Å². The molecule has 18 heteroatoms. The number of anilines is 4. The van der Waals surface area contributed by atoms with Crippen LogP contribution in [0.4, 0.5) is 49.4 Å². The molecule has 10 nitrogen and oxygen atoms in total. The van der Waals surface area contributed by atoms with Crippen molar-refractivity contribution in [3.05, 3.63) is 35.7 Å². The molecule has 2 saturated heterocycles. The summed E-state index contributed by atoms with van der Waals surface area (Å²) in [6.45, 7) is 2.65. The maximum atomic E-state index is 12.1. The first-order valence-electron chi connectivity index (χ1n) is 12.9. The SMILES string of the molecule is NCC(F)(F)F.O=C(CCC(F)(F)F)c1ccc2c(n1)N[C@H]1CCN2C1.O=C(O)c1ccc2c(n1)N[C@H]1CCN2C1.S.S. The molecule has 0 radical (unpaired) electrons. The van der Waals surface area contributed by atoms with Gasteiger partial charge in [0.15, 0.2) is 23.1 Å². The van der Waals surface area contributed by atoms with E-state index in [9.17, 15) is 35.9 Å². The number of halogens is 6. The molecule has 43 heavy (non-hydrogen) atoms. The largest absolute Gasteiger partial charge is 0.477 e. The van der Waals surface area contributed by atoms with Gasteiger partial charge in [0.25, 0.3) is 0 Å². The average Bonchev–Trinajstić information content (AvgIpc) is 3.49. The second-order valence-corrected chi connectivity index (χ2v) is 9.94. The number of alkyl halides is 6. The molecule has 0 aliphatic carbocycles. The Bertz CT molecular complexity index is 1280. The number of nitrogens with zero attached hydrogens (tertiary/aromatic N) is 4. The van der Waals surface area contributed by atoms with E-state index in [0.717, 1.165) is 50.4 Å². The number of carbonyl (C=O) groups excluding carboxylic acids is 1. The van der Waals surface area contributed by atoms with E-state index in [0.29, 0.717) is 23.7 Å².